The zero-order valence-electron chi connectivity index (χ0n) is 7.90. The minimum absolute atomic E-state index is 0.0225. The summed E-state index contributed by atoms with van der Waals surface area (Å²) in [6.45, 7) is 1.96. The number of hydrogen-bond acceptors (Lipinski definition) is 4. The van der Waals surface area contributed by atoms with E-state index in [4.69, 9.17) is 5.26 Å². The molecule has 0 aliphatic rings. The number of ether oxygens (including phenoxy) is 1. The van der Waals surface area contributed by atoms with Gasteiger partial charge in [-0.25, -0.2) is 4.79 Å². The minimum Gasteiger partial charge on any atom is -0.465 e. The number of methoxy groups -OCH3 is 1. The highest BCUT2D eigenvalue weighted by atomic mass is 32.1. The van der Waals surface area contributed by atoms with Gasteiger partial charge in [-0.15, -0.1) is 11.3 Å². The highest BCUT2D eigenvalue weighted by molar-refractivity contribution is 7.12. The zero-order valence-corrected chi connectivity index (χ0v) is 8.72. The second kappa shape index (κ2) is 4.58. The lowest BCUT2D eigenvalue weighted by Gasteiger charge is -1.93. The summed E-state index contributed by atoms with van der Waals surface area (Å²) in [6.07, 6.45) is 1.53. The average molecular weight is 207 g/mol. The molecule has 14 heavy (non-hydrogen) atoms. The van der Waals surface area contributed by atoms with E-state index in [1.54, 1.807) is 6.07 Å². The van der Waals surface area contributed by atoms with Crippen molar-refractivity contribution < 1.29 is 9.53 Å². The molecule has 3 nitrogen and oxygen atoms in total. The number of hydrogen-bond donors (Lipinski definition) is 0. The fourth-order valence-electron chi connectivity index (χ4n) is 0.920. The van der Waals surface area contributed by atoms with Gasteiger partial charge in [0.15, 0.2) is 0 Å². The van der Waals surface area contributed by atoms with Crippen LogP contribution in [0.25, 0.3) is 6.08 Å². The van der Waals surface area contributed by atoms with E-state index in [9.17, 15) is 4.79 Å². The Kier molecular flexibility index (Phi) is 3.43. The third kappa shape index (κ3) is 2.44. The molecular formula is C10H9NO2S. The molecule has 1 aromatic rings. The summed E-state index contributed by atoms with van der Waals surface area (Å²) in [4.78, 5) is 13.1. The predicted molar refractivity (Wildman–Crippen MR) is 54.7 cm³/mol. The molecule has 0 radical (unpaired) electrons. The number of carbonyl (C=O) groups is 1. The van der Waals surface area contributed by atoms with Crippen LogP contribution in [0.3, 0.4) is 0 Å². The van der Waals surface area contributed by atoms with Gasteiger partial charge in [-0.3, -0.25) is 0 Å². The second-order valence-electron chi connectivity index (χ2n) is 2.61. The van der Waals surface area contributed by atoms with Crippen LogP contribution in [0.2, 0.25) is 0 Å². The Morgan fingerprint density at radius 3 is 2.79 bits per heavy atom. The first kappa shape index (κ1) is 10.5. The number of aryl methyl sites for hydroxylation is 1. The second-order valence-corrected chi connectivity index (χ2v) is 3.93. The number of rotatable bonds is 2. The molecule has 0 spiro atoms. The molecule has 1 aromatic heterocycles. The van der Waals surface area contributed by atoms with E-state index in [2.05, 4.69) is 4.74 Å². The van der Waals surface area contributed by atoms with Crippen LogP contribution in [0, 0.1) is 18.3 Å². The Balaban J connectivity index is 2.96. The van der Waals surface area contributed by atoms with Crippen LogP contribution >= 0.6 is 11.3 Å². The molecule has 0 aromatic carbocycles. The van der Waals surface area contributed by atoms with E-state index in [1.807, 2.05) is 19.1 Å². The summed E-state index contributed by atoms with van der Waals surface area (Å²) in [5.74, 6) is -0.599. The molecule has 0 fully saturated rings. The fourth-order valence-corrected chi connectivity index (χ4v) is 1.74. The number of carbonyl (C=O) groups excluding carboxylic acids is 1. The number of esters is 1. The standard InChI is InChI=1S/C10H9NO2S/c1-7-3-4-9(14-7)5-8(6-11)10(12)13-2/h3-5H,1-2H3/b8-5-. The topological polar surface area (TPSA) is 50.1 Å². The molecule has 0 atom stereocenters. The molecule has 4 heteroatoms. The van der Waals surface area contributed by atoms with Gasteiger partial charge in [-0.2, -0.15) is 5.26 Å². The lowest BCUT2D eigenvalue weighted by atomic mass is 10.2. The number of nitrogens with zero attached hydrogens (tertiary/aromatic N) is 1. The van der Waals surface area contributed by atoms with Gasteiger partial charge in [0.25, 0.3) is 0 Å². The van der Waals surface area contributed by atoms with Crippen LogP contribution in [-0.2, 0) is 9.53 Å². The first-order valence-electron chi connectivity index (χ1n) is 3.94. The molecule has 1 rings (SSSR count). The third-order valence-corrected chi connectivity index (χ3v) is 2.52. The zero-order chi connectivity index (χ0) is 10.6. The maximum absolute atomic E-state index is 11.0. The summed E-state index contributed by atoms with van der Waals surface area (Å²) >= 11 is 1.52. The highest BCUT2D eigenvalue weighted by Gasteiger charge is 2.08. The van der Waals surface area contributed by atoms with Crippen LogP contribution in [0.5, 0.6) is 0 Å². The molecule has 0 aliphatic heterocycles. The predicted octanol–water partition coefficient (Wildman–Crippen LogP) is 2.14. The van der Waals surface area contributed by atoms with Crippen molar-refractivity contribution in [1.29, 1.82) is 5.26 Å². The van der Waals surface area contributed by atoms with Crippen LogP contribution in [-0.4, -0.2) is 13.1 Å². The Bertz CT molecular complexity index is 412. The summed E-state index contributed by atoms with van der Waals surface area (Å²) in [6, 6.07) is 5.60. The molecule has 1 heterocycles. The molecule has 0 amide bonds. The first-order valence-corrected chi connectivity index (χ1v) is 4.75. The van der Waals surface area contributed by atoms with E-state index in [0.717, 1.165) is 9.75 Å². The maximum Gasteiger partial charge on any atom is 0.348 e. The molecule has 0 saturated heterocycles. The summed E-state index contributed by atoms with van der Waals surface area (Å²) in [5, 5.41) is 8.68. The molecule has 0 bridgehead atoms. The van der Waals surface area contributed by atoms with E-state index >= 15 is 0 Å². The van der Waals surface area contributed by atoms with Crippen molar-refractivity contribution in [2.45, 2.75) is 6.92 Å². The largest absolute Gasteiger partial charge is 0.465 e. The molecule has 0 aliphatic carbocycles. The van der Waals surface area contributed by atoms with Crippen molar-refractivity contribution in [3.05, 3.63) is 27.5 Å². The summed E-state index contributed by atoms with van der Waals surface area (Å²) in [5.41, 5.74) is 0.0225. The Hall–Kier alpha value is -1.60. The van der Waals surface area contributed by atoms with Crippen molar-refractivity contribution in [1.82, 2.24) is 0 Å². The Morgan fingerprint density at radius 2 is 2.36 bits per heavy atom. The van der Waals surface area contributed by atoms with Crippen molar-refractivity contribution in [3.8, 4) is 6.07 Å². The van der Waals surface area contributed by atoms with Gasteiger partial charge in [-0.1, -0.05) is 0 Å². The summed E-state index contributed by atoms with van der Waals surface area (Å²) < 4.78 is 4.46. The van der Waals surface area contributed by atoms with E-state index in [0.29, 0.717) is 0 Å². The molecular weight excluding hydrogens is 198 g/mol. The van der Waals surface area contributed by atoms with E-state index < -0.39 is 5.97 Å². The van der Waals surface area contributed by atoms with Crippen LogP contribution in [0.4, 0.5) is 0 Å². The highest BCUT2D eigenvalue weighted by Crippen LogP contribution is 2.18. The van der Waals surface area contributed by atoms with Gasteiger partial charge >= 0.3 is 5.97 Å². The van der Waals surface area contributed by atoms with Crippen molar-refractivity contribution in [2.24, 2.45) is 0 Å². The summed E-state index contributed by atoms with van der Waals surface area (Å²) in [7, 11) is 1.26. The van der Waals surface area contributed by atoms with Gasteiger partial charge in [0.2, 0.25) is 0 Å². The molecule has 72 valence electrons. The quantitative estimate of drug-likeness (QED) is 0.424. The van der Waals surface area contributed by atoms with Crippen molar-refractivity contribution in [2.75, 3.05) is 7.11 Å². The monoisotopic (exact) mass is 207 g/mol. The third-order valence-electron chi connectivity index (χ3n) is 1.57. The van der Waals surface area contributed by atoms with E-state index in [-0.39, 0.29) is 5.57 Å². The van der Waals surface area contributed by atoms with Gasteiger partial charge in [0.05, 0.1) is 7.11 Å². The van der Waals surface area contributed by atoms with Crippen LogP contribution in [0.15, 0.2) is 17.7 Å². The van der Waals surface area contributed by atoms with Crippen LogP contribution in [0.1, 0.15) is 9.75 Å². The number of thiophene rings is 1. The van der Waals surface area contributed by atoms with Gasteiger partial charge < -0.3 is 4.74 Å². The Labute approximate surface area is 86.2 Å². The van der Waals surface area contributed by atoms with Gasteiger partial charge in [0, 0.05) is 9.75 Å². The molecule has 0 unspecified atom stereocenters. The van der Waals surface area contributed by atoms with Crippen molar-refractivity contribution >= 4 is 23.4 Å². The number of nitriles is 1. The fraction of sp³-hybridized carbons (Fsp3) is 0.200. The van der Waals surface area contributed by atoms with Gasteiger partial charge in [-0.05, 0) is 25.1 Å². The Morgan fingerprint density at radius 1 is 1.64 bits per heavy atom. The van der Waals surface area contributed by atoms with Gasteiger partial charge in [0.1, 0.15) is 11.6 Å². The van der Waals surface area contributed by atoms with Crippen LogP contribution < -0.4 is 0 Å². The lowest BCUT2D eigenvalue weighted by molar-refractivity contribution is -0.135. The lowest BCUT2D eigenvalue weighted by Crippen LogP contribution is -2.02. The normalized spacial score (nSPS) is 10.8. The van der Waals surface area contributed by atoms with E-state index in [1.165, 1.54) is 24.5 Å². The molecule has 0 saturated carbocycles. The maximum atomic E-state index is 11.0. The smallest absolute Gasteiger partial charge is 0.348 e. The SMILES string of the molecule is COC(=O)/C(C#N)=C\c1ccc(C)s1. The average Bonchev–Trinajstić information content (AvgIpc) is 2.59. The van der Waals surface area contributed by atoms with Crippen molar-refractivity contribution in [3.63, 3.8) is 0 Å². The minimum atomic E-state index is -0.599. The molecule has 0 N–H and O–H groups in total. The first-order chi connectivity index (χ1) is 6.67.